The van der Waals surface area contributed by atoms with Crippen LogP contribution in [0, 0.1) is 23.6 Å². The van der Waals surface area contributed by atoms with Gasteiger partial charge >= 0.3 is 12.1 Å². The number of nitrogens with zero attached hydrogens (tertiary/aromatic N) is 1. The Morgan fingerprint density at radius 3 is 2.36 bits per heavy atom. The Morgan fingerprint density at radius 2 is 1.77 bits per heavy atom. The highest BCUT2D eigenvalue weighted by molar-refractivity contribution is 5.81. The minimum atomic E-state index is -1.76. The van der Waals surface area contributed by atoms with Gasteiger partial charge in [-0.15, -0.1) is 0 Å². The Kier molecular flexibility index (Phi) is 16.2. The van der Waals surface area contributed by atoms with Crippen molar-refractivity contribution in [3.63, 3.8) is 0 Å². The van der Waals surface area contributed by atoms with Crippen molar-refractivity contribution in [3.05, 3.63) is 35.6 Å². The SMILES string of the molecule is CC[C@H]1OC(=O)[C@H](C)[C@@H](OC(=O)NCCc2ccccc2F)[C@H](C)[C@@H](O[C@@H]2O[C@H](C)C[C@H](N(C)C)[C@H]2O)[C@](C)(OC)C[C@@H](C)C(=O)C[C@@H](OC)[C@]1(C)O. The lowest BCUT2D eigenvalue weighted by Gasteiger charge is -2.48. The number of carbonyl (C=O) groups is 3. The first kappa shape index (κ1) is 44.7. The number of hydrogen-bond donors (Lipinski definition) is 3. The number of methoxy groups -OCH3 is 2. The second kappa shape index (κ2) is 19.2. The van der Waals surface area contributed by atoms with Crippen molar-refractivity contribution in [1.29, 1.82) is 0 Å². The molecule has 1 aromatic carbocycles. The molecule has 3 N–H and O–H groups in total. The average Bonchev–Trinajstić information content (AvgIpc) is 3.11. The fourth-order valence-electron chi connectivity index (χ4n) is 7.78. The molecule has 0 unspecified atom stereocenters. The van der Waals surface area contributed by atoms with Gasteiger partial charge in [0.05, 0.1) is 29.8 Å². The van der Waals surface area contributed by atoms with Gasteiger partial charge in [-0.1, -0.05) is 39.0 Å². The third-order valence-electron chi connectivity index (χ3n) is 11.2. The molecule has 0 aromatic heterocycles. The summed E-state index contributed by atoms with van der Waals surface area (Å²) in [5.41, 5.74) is -2.62. The van der Waals surface area contributed by atoms with Gasteiger partial charge in [0.1, 0.15) is 35.5 Å². The first-order chi connectivity index (χ1) is 24.8. The van der Waals surface area contributed by atoms with E-state index in [1.165, 1.54) is 27.2 Å². The third-order valence-corrected chi connectivity index (χ3v) is 11.2. The van der Waals surface area contributed by atoms with Crippen LogP contribution in [0.25, 0.3) is 0 Å². The molecule has 14 heteroatoms. The maximum absolute atomic E-state index is 14.3. The Balaban J connectivity index is 2.11. The molecule has 13 atom stereocenters. The Bertz CT molecular complexity index is 1360. The highest BCUT2D eigenvalue weighted by atomic mass is 19.1. The van der Waals surface area contributed by atoms with E-state index in [1.54, 1.807) is 52.8 Å². The number of halogens is 1. The van der Waals surface area contributed by atoms with Crippen LogP contribution in [0.15, 0.2) is 24.3 Å². The zero-order chi connectivity index (χ0) is 39.8. The summed E-state index contributed by atoms with van der Waals surface area (Å²) in [6, 6.07) is 5.93. The zero-order valence-electron chi connectivity index (χ0n) is 33.3. The third kappa shape index (κ3) is 11.0. The van der Waals surface area contributed by atoms with E-state index in [1.807, 2.05) is 25.9 Å². The van der Waals surface area contributed by atoms with E-state index in [2.05, 4.69) is 5.32 Å². The largest absolute Gasteiger partial charge is 0.459 e. The molecule has 2 heterocycles. The summed E-state index contributed by atoms with van der Waals surface area (Å²) >= 11 is 0. The number of ketones is 1. The number of likely N-dealkylation sites (N-methyl/N-ethyl adjacent to an activating group) is 1. The molecule has 3 rings (SSSR count). The van der Waals surface area contributed by atoms with Crippen molar-refractivity contribution in [2.45, 2.75) is 141 Å². The van der Waals surface area contributed by atoms with Gasteiger partial charge in [-0.3, -0.25) is 9.59 Å². The molecule has 0 spiro atoms. The number of Topliss-reactive ketones (excluding diaryl/α,β-unsaturated/α-hetero) is 1. The lowest BCUT2D eigenvalue weighted by Crippen LogP contribution is -2.60. The van der Waals surface area contributed by atoms with Crippen molar-refractivity contribution >= 4 is 17.8 Å². The molecule has 0 radical (unpaired) electrons. The van der Waals surface area contributed by atoms with Crippen molar-refractivity contribution in [1.82, 2.24) is 10.2 Å². The standard InChI is InChI=1S/C39H63FN2O11/c1-12-30-39(7,47)31(48-10)20-29(43)22(2)21-38(6,49-11)34(53-36-32(44)28(42(8)9)19-23(3)50-36)24(4)33(25(5)35(45)51-30)52-37(46)41-18-17-26-15-13-14-16-27(26)40/h13-16,22-25,28,30-34,36,44,47H,12,17-21H2,1-11H3,(H,41,46)/t22-,23-,24+,25-,28+,30-,31-,32-,33+,34-,36+,38-,39-/m1/s1. The first-order valence-electron chi connectivity index (χ1n) is 18.7. The number of aliphatic hydroxyl groups excluding tert-OH is 1. The number of amides is 1. The predicted octanol–water partition coefficient (Wildman–Crippen LogP) is 4.04. The fraction of sp³-hybridized carbons (Fsp3) is 0.769. The van der Waals surface area contributed by atoms with Crippen LogP contribution in [-0.4, -0.2) is 128 Å². The van der Waals surface area contributed by atoms with Gasteiger partial charge in [-0.05, 0) is 79.1 Å². The van der Waals surface area contributed by atoms with Gasteiger partial charge in [-0.25, -0.2) is 9.18 Å². The van der Waals surface area contributed by atoms with E-state index in [4.69, 9.17) is 28.4 Å². The van der Waals surface area contributed by atoms with E-state index in [0.29, 0.717) is 12.0 Å². The molecule has 0 saturated carbocycles. The van der Waals surface area contributed by atoms with Crippen LogP contribution in [0.3, 0.4) is 0 Å². The average molecular weight is 755 g/mol. The molecular weight excluding hydrogens is 691 g/mol. The molecule has 0 bridgehead atoms. The van der Waals surface area contributed by atoms with Crippen LogP contribution in [0.1, 0.15) is 79.7 Å². The van der Waals surface area contributed by atoms with E-state index in [9.17, 15) is 29.0 Å². The number of alkyl carbamates (subject to hydrolysis) is 1. The maximum atomic E-state index is 14.3. The second-order valence-electron chi connectivity index (χ2n) is 15.5. The summed E-state index contributed by atoms with van der Waals surface area (Å²) < 4.78 is 51.0. The van der Waals surface area contributed by atoms with Gasteiger partial charge in [0, 0.05) is 45.1 Å². The highest BCUT2D eigenvalue weighted by Gasteiger charge is 2.52. The fourth-order valence-corrected chi connectivity index (χ4v) is 7.78. The summed E-state index contributed by atoms with van der Waals surface area (Å²) in [5, 5.41) is 25.9. The van der Waals surface area contributed by atoms with Gasteiger partial charge < -0.3 is 48.9 Å². The van der Waals surface area contributed by atoms with Crippen LogP contribution in [0.4, 0.5) is 9.18 Å². The summed E-state index contributed by atoms with van der Waals surface area (Å²) in [6.45, 7) is 11.9. The number of hydrogen-bond acceptors (Lipinski definition) is 12. The van der Waals surface area contributed by atoms with Gasteiger partial charge in [-0.2, -0.15) is 0 Å². The smallest absolute Gasteiger partial charge is 0.407 e. The molecule has 1 amide bonds. The van der Waals surface area contributed by atoms with Crippen LogP contribution in [0.2, 0.25) is 0 Å². The summed E-state index contributed by atoms with van der Waals surface area (Å²) in [4.78, 5) is 43.2. The molecule has 13 nitrogen and oxygen atoms in total. The van der Waals surface area contributed by atoms with Crippen LogP contribution in [-0.2, 0) is 44.4 Å². The van der Waals surface area contributed by atoms with Crippen LogP contribution >= 0.6 is 0 Å². The molecule has 2 saturated heterocycles. The van der Waals surface area contributed by atoms with Gasteiger partial charge in [0.2, 0.25) is 0 Å². The molecule has 2 aliphatic heterocycles. The maximum Gasteiger partial charge on any atom is 0.407 e. The number of carbonyl (C=O) groups excluding carboxylic acids is 3. The Morgan fingerprint density at radius 1 is 1.11 bits per heavy atom. The number of cyclic esters (lactones) is 1. The van der Waals surface area contributed by atoms with Crippen molar-refractivity contribution in [2.24, 2.45) is 17.8 Å². The van der Waals surface area contributed by atoms with Gasteiger partial charge in [0.25, 0.3) is 0 Å². The minimum Gasteiger partial charge on any atom is -0.459 e. The number of esters is 1. The lowest BCUT2D eigenvalue weighted by atomic mass is 9.76. The molecule has 2 fully saturated rings. The Hall–Kier alpha value is -2.72. The summed E-state index contributed by atoms with van der Waals surface area (Å²) in [5.74, 6) is -4.00. The number of nitrogens with one attached hydrogen (secondary N) is 1. The zero-order valence-corrected chi connectivity index (χ0v) is 33.3. The number of aliphatic hydroxyl groups is 2. The second-order valence-corrected chi connectivity index (χ2v) is 15.5. The quantitative estimate of drug-likeness (QED) is 0.295. The number of rotatable bonds is 10. The van der Waals surface area contributed by atoms with E-state index >= 15 is 0 Å². The molecule has 53 heavy (non-hydrogen) atoms. The van der Waals surface area contributed by atoms with Crippen molar-refractivity contribution in [2.75, 3.05) is 34.9 Å². The van der Waals surface area contributed by atoms with E-state index < -0.39 is 83.6 Å². The summed E-state index contributed by atoms with van der Waals surface area (Å²) in [6.07, 6.45) is -6.86. The number of ether oxygens (including phenoxy) is 6. The van der Waals surface area contributed by atoms with Crippen molar-refractivity contribution < 1.29 is 57.4 Å². The van der Waals surface area contributed by atoms with Crippen molar-refractivity contribution in [3.8, 4) is 0 Å². The number of benzene rings is 1. The van der Waals surface area contributed by atoms with Gasteiger partial charge in [0.15, 0.2) is 6.29 Å². The topological polar surface area (TPSA) is 162 Å². The molecule has 302 valence electrons. The normalized spacial score (nSPS) is 37.8. The highest BCUT2D eigenvalue weighted by Crippen LogP contribution is 2.39. The summed E-state index contributed by atoms with van der Waals surface area (Å²) in [7, 11) is 6.57. The van der Waals surface area contributed by atoms with Crippen LogP contribution in [0.5, 0.6) is 0 Å². The van der Waals surface area contributed by atoms with E-state index in [-0.39, 0.29) is 50.2 Å². The molecule has 1 aromatic rings. The van der Waals surface area contributed by atoms with E-state index in [0.717, 1.165) is 0 Å². The molecule has 2 aliphatic rings. The minimum absolute atomic E-state index is 0.0418. The first-order valence-corrected chi connectivity index (χ1v) is 18.7. The monoisotopic (exact) mass is 754 g/mol. The predicted molar refractivity (Wildman–Crippen MR) is 194 cm³/mol. The van der Waals surface area contributed by atoms with Crippen LogP contribution < -0.4 is 5.32 Å². The Labute approximate surface area is 314 Å². The molecule has 0 aliphatic carbocycles. The lowest BCUT2D eigenvalue weighted by molar-refractivity contribution is -0.301. The molecular formula is C39H63FN2O11.